The topological polar surface area (TPSA) is 295 Å². The first-order chi connectivity index (χ1) is 30.6. The average molecular weight is 929 g/mol. The van der Waals surface area contributed by atoms with E-state index >= 15 is 0 Å². The van der Waals surface area contributed by atoms with Gasteiger partial charge in [0, 0.05) is 5.41 Å². The van der Waals surface area contributed by atoms with Crippen LogP contribution in [0.1, 0.15) is 99.3 Å². The summed E-state index contributed by atoms with van der Waals surface area (Å²) in [5.41, 5.74) is -1.18. The van der Waals surface area contributed by atoms with E-state index in [2.05, 4.69) is 40.7 Å². The van der Waals surface area contributed by atoms with Crippen LogP contribution in [0, 0.1) is 56.7 Å². The molecule has 0 aromatic heterocycles. The molecule has 3 aliphatic heterocycles. The van der Waals surface area contributed by atoms with Crippen molar-refractivity contribution in [3.63, 3.8) is 0 Å². The van der Waals surface area contributed by atoms with Crippen molar-refractivity contribution in [1.82, 2.24) is 0 Å². The van der Waals surface area contributed by atoms with E-state index in [1.54, 1.807) is 0 Å². The van der Waals surface area contributed by atoms with Crippen molar-refractivity contribution in [3.05, 3.63) is 11.6 Å². The highest BCUT2D eigenvalue weighted by Crippen LogP contribution is 2.76. The molecule has 0 spiro atoms. The van der Waals surface area contributed by atoms with Gasteiger partial charge in [-0.25, -0.2) is 0 Å². The van der Waals surface area contributed by atoms with Gasteiger partial charge in [-0.3, -0.25) is 4.79 Å². The maximum absolute atomic E-state index is 14.7. The zero-order valence-electron chi connectivity index (χ0n) is 38.6. The Morgan fingerprint density at radius 1 is 0.692 bits per heavy atom. The summed E-state index contributed by atoms with van der Waals surface area (Å²) in [6.45, 7) is 11.8. The van der Waals surface area contributed by atoms with E-state index in [1.807, 2.05) is 6.92 Å². The molecule has 0 radical (unpaired) electrons. The lowest BCUT2D eigenvalue weighted by Crippen LogP contribution is -2.67. The summed E-state index contributed by atoms with van der Waals surface area (Å²) in [7, 11) is 0. The first-order valence-electron chi connectivity index (χ1n) is 24.0. The molecule has 3 saturated heterocycles. The second-order valence-electron chi connectivity index (χ2n) is 22.3. The maximum Gasteiger partial charge on any atom is 0.315 e. The molecule has 372 valence electrons. The molecule has 0 aromatic carbocycles. The van der Waals surface area contributed by atoms with Crippen molar-refractivity contribution < 1.29 is 89.4 Å². The third-order valence-corrected chi connectivity index (χ3v) is 19.4. The number of fused-ring (bicyclic) bond motifs is 7. The van der Waals surface area contributed by atoms with Gasteiger partial charge in [-0.2, -0.15) is 0 Å². The molecular weight excluding hydrogens is 852 g/mol. The number of ether oxygens (including phenoxy) is 6. The second-order valence-corrected chi connectivity index (χ2v) is 22.3. The van der Waals surface area contributed by atoms with Crippen molar-refractivity contribution in [3.8, 4) is 0 Å². The van der Waals surface area contributed by atoms with Gasteiger partial charge in [-0.05, 0) is 104 Å². The summed E-state index contributed by atoms with van der Waals surface area (Å²) in [6.07, 6.45) is -13.2. The van der Waals surface area contributed by atoms with Crippen LogP contribution in [-0.4, -0.2) is 181 Å². The summed E-state index contributed by atoms with van der Waals surface area (Å²) in [4.78, 5) is 14.7. The lowest BCUT2D eigenvalue weighted by atomic mass is 9.33. The van der Waals surface area contributed by atoms with Gasteiger partial charge >= 0.3 is 5.97 Å². The van der Waals surface area contributed by atoms with Crippen LogP contribution in [0.25, 0.3) is 0 Å². The van der Waals surface area contributed by atoms with E-state index in [4.69, 9.17) is 28.4 Å². The zero-order valence-corrected chi connectivity index (χ0v) is 38.6. The number of carbonyl (C=O) groups is 1. The highest BCUT2D eigenvalue weighted by molar-refractivity contribution is 5.79. The molecule has 25 atom stereocenters. The highest BCUT2D eigenvalue weighted by Gasteiger charge is 2.71. The Bertz CT molecular complexity index is 1750. The number of aliphatic hydroxyl groups excluding tert-OH is 11. The minimum absolute atomic E-state index is 0.00677. The zero-order chi connectivity index (χ0) is 47.3. The van der Waals surface area contributed by atoms with E-state index in [0.717, 1.165) is 32.1 Å². The second kappa shape index (κ2) is 18.1. The molecule has 18 nitrogen and oxygen atoms in total. The van der Waals surface area contributed by atoms with Gasteiger partial charge in [0.25, 0.3) is 0 Å². The molecule has 0 bridgehead atoms. The van der Waals surface area contributed by atoms with Crippen LogP contribution in [0.3, 0.4) is 0 Å². The number of carbonyl (C=O) groups excluding carboxylic acids is 1. The smallest absolute Gasteiger partial charge is 0.315 e. The molecule has 0 aromatic rings. The van der Waals surface area contributed by atoms with Crippen LogP contribution in [0.5, 0.6) is 0 Å². The fraction of sp³-hybridized carbons (Fsp3) is 0.936. The monoisotopic (exact) mass is 929 g/mol. The van der Waals surface area contributed by atoms with Gasteiger partial charge in [0.15, 0.2) is 12.6 Å². The number of aliphatic hydroxyl groups is 11. The lowest BCUT2D eigenvalue weighted by molar-refractivity contribution is -0.358. The quantitative estimate of drug-likeness (QED) is 0.0797. The first-order valence-corrected chi connectivity index (χ1v) is 24.0. The van der Waals surface area contributed by atoms with Gasteiger partial charge in [-0.15, -0.1) is 0 Å². The Balaban J connectivity index is 1.02. The molecular formula is C47H76O18. The van der Waals surface area contributed by atoms with Crippen LogP contribution < -0.4 is 0 Å². The van der Waals surface area contributed by atoms with Crippen LogP contribution >= 0.6 is 0 Å². The molecule has 11 N–H and O–H groups in total. The first kappa shape index (κ1) is 50.0. The fourth-order valence-corrected chi connectivity index (χ4v) is 15.0. The molecule has 65 heavy (non-hydrogen) atoms. The van der Waals surface area contributed by atoms with Crippen LogP contribution in [0.2, 0.25) is 0 Å². The SMILES string of the molecule is CC1CCC2(C(=O)OC3OC(CO)C(O)C(O)C3O)CCC3(C)C(=CCC4C5(C)CCC(OC6OCC(O)C(OC7OC(CO)C(O)C(O)C7O)C6O)C(C)(CO)C5CCC43C)C2C1C. The predicted octanol–water partition coefficient (Wildman–Crippen LogP) is -0.392. The van der Waals surface area contributed by atoms with Crippen molar-refractivity contribution in [1.29, 1.82) is 0 Å². The third kappa shape index (κ3) is 7.62. The van der Waals surface area contributed by atoms with Gasteiger partial charge in [0.1, 0.15) is 67.1 Å². The standard InChI is InChI=1S/C47H76O18/c1-21-9-14-47(42(59)65-41-36(57)34(55)32(53)26(18-49)62-41)16-15-45(5)23(30(47)22(21)2)7-8-28-43(3)12-11-29(44(4,20-50)27(43)10-13-46(28,45)6)63-39-37(58)38(24(51)19-60-39)64-40-35(56)33(54)31(52)25(17-48)61-40/h7,21-22,24-41,48-58H,8-20H2,1-6H3. The lowest BCUT2D eigenvalue weighted by Gasteiger charge is -2.71. The number of hydrogen-bond donors (Lipinski definition) is 11. The maximum atomic E-state index is 14.7. The van der Waals surface area contributed by atoms with Crippen LogP contribution in [-0.2, 0) is 33.2 Å². The summed E-state index contributed by atoms with van der Waals surface area (Å²) < 4.78 is 35.4. The van der Waals surface area contributed by atoms with E-state index in [9.17, 15) is 61.0 Å². The average Bonchev–Trinajstić information content (AvgIpc) is 3.28. The summed E-state index contributed by atoms with van der Waals surface area (Å²) in [6, 6.07) is 0. The molecule has 5 aliphatic carbocycles. The Morgan fingerprint density at radius 3 is 1.95 bits per heavy atom. The number of allylic oxidation sites excluding steroid dienone is 2. The van der Waals surface area contributed by atoms with Gasteiger partial charge < -0.3 is 84.6 Å². The molecule has 0 amide bonds. The summed E-state index contributed by atoms with van der Waals surface area (Å²) >= 11 is 0. The number of hydrogen-bond acceptors (Lipinski definition) is 18. The minimum atomic E-state index is -1.75. The fourth-order valence-electron chi connectivity index (χ4n) is 15.0. The number of rotatable bonds is 9. The van der Waals surface area contributed by atoms with Crippen LogP contribution in [0.4, 0.5) is 0 Å². The van der Waals surface area contributed by atoms with Crippen molar-refractivity contribution in [2.45, 2.75) is 191 Å². The van der Waals surface area contributed by atoms with E-state index in [0.29, 0.717) is 31.6 Å². The van der Waals surface area contributed by atoms with Crippen molar-refractivity contribution >= 4 is 5.97 Å². The normalized spacial score (nSPS) is 55.7. The minimum Gasteiger partial charge on any atom is -0.432 e. The molecule has 4 saturated carbocycles. The van der Waals surface area contributed by atoms with Gasteiger partial charge in [-0.1, -0.05) is 53.2 Å². The Kier molecular flexibility index (Phi) is 13.9. The van der Waals surface area contributed by atoms with Gasteiger partial charge in [0.05, 0.1) is 37.9 Å². The van der Waals surface area contributed by atoms with E-state index < -0.39 is 122 Å². The molecule has 3 heterocycles. The number of esters is 1. The molecule has 25 unspecified atom stereocenters. The van der Waals surface area contributed by atoms with Crippen molar-refractivity contribution in [2.24, 2.45) is 56.7 Å². The van der Waals surface area contributed by atoms with E-state index in [-0.39, 0.29) is 53.1 Å². The van der Waals surface area contributed by atoms with Crippen molar-refractivity contribution in [2.75, 3.05) is 26.4 Å². The molecule has 18 heteroatoms. The summed E-state index contributed by atoms with van der Waals surface area (Å²) in [5.74, 6) is -0.0292. The molecule has 8 rings (SSSR count). The van der Waals surface area contributed by atoms with E-state index in [1.165, 1.54) is 5.57 Å². The Hall–Kier alpha value is -1.43. The van der Waals surface area contributed by atoms with Crippen LogP contribution in [0.15, 0.2) is 11.6 Å². The summed E-state index contributed by atoms with van der Waals surface area (Å²) in [5, 5.41) is 116. The predicted molar refractivity (Wildman–Crippen MR) is 226 cm³/mol. The highest BCUT2D eigenvalue weighted by atomic mass is 16.7. The largest absolute Gasteiger partial charge is 0.432 e. The third-order valence-electron chi connectivity index (χ3n) is 19.4. The van der Waals surface area contributed by atoms with Gasteiger partial charge in [0.2, 0.25) is 6.29 Å². The Morgan fingerprint density at radius 2 is 1.32 bits per heavy atom. The molecule has 7 fully saturated rings. The molecule has 8 aliphatic rings. The Labute approximate surface area is 380 Å².